The molecule has 0 saturated carbocycles. The Morgan fingerprint density at radius 3 is 2.27 bits per heavy atom. The van der Waals surface area contributed by atoms with Crippen molar-refractivity contribution in [3.05, 3.63) is 42.2 Å². The molecule has 1 aliphatic heterocycles. The van der Waals surface area contributed by atoms with Crippen LogP contribution in [0.1, 0.15) is 17.4 Å². The first-order valence-electron chi connectivity index (χ1n) is 7.18. The van der Waals surface area contributed by atoms with E-state index in [1.807, 2.05) is 30.3 Å². The molecule has 22 heavy (non-hydrogen) atoms. The zero-order valence-corrected chi connectivity index (χ0v) is 12.3. The molecule has 0 spiro atoms. The van der Waals surface area contributed by atoms with Crippen LogP contribution < -0.4 is 0 Å². The molecule has 0 bridgehead atoms. The number of hydrogen-bond donors (Lipinski definition) is 0. The third-order valence-electron chi connectivity index (χ3n) is 3.75. The van der Waals surface area contributed by atoms with Crippen molar-refractivity contribution in [1.29, 1.82) is 0 Å². The molecule has 2 amide bonds. The number of rotatable bonds is 2. The van der Waals surface area contributed by atoms with Gasteiger partial charge in [-0.2, -0.15) is 0 Å². The van der Waals surface area contributed by atoms with E-state index in [1.54, 1.807) is 27.6 Å². The summed E-state index contributed by atoms with van der Waals surface area (Å²) in [7, 11) is 0. The van der Waals surface area contributed by atoms with Gasteiger partial charge in [-0.25, -0.2) is 4.68 Å². The van der Waals surface area contributed by atoms with Crippen molar-refractivity contribution < 1.29 is 9.59 Å². The summed E-state index contributed by atoms with van der Waals surface area (Å²) in [5, 5.41) is 7.96. The molecule has 2 heterocycles. The molecular formula is C15H17N5O2. The third kappa shape index (κ3) is 2.83. The Kier molecular flexibility index (Phi) is 3.86. The minimum atomic E-state index is -0.148. The quantitative estimate of drug-likeness (QED) is 0.813. The number of nitrogens with zero attached hydrogens (tertiary/aromatic N) is 5. The Hall–Kier alpha value is -2.70. The molecule has 0 aliphatic carbocycles. The lowest BCUT2D eigenvalue weighted by Gasteiger charge is -2.33. The summed E-state index contributed by atoms with van der Waals surface area (Å²) in [5.74, 6) is -0.104. The van der Waals surface area contributed by atoms with Crippen LogP contribution in [0.15, 0.2) is 36.5 Å². The standard InChI is InChI=1S/C15H17N5O2/c1-12(21)18-7-9-19(10-8-18)15(22)14-11-20(17-16-14)13-5-3-2-4-6-13/h2-6,11H,7-10H2,1H3. The predicted octanol–water partition coefficient (Wildman–Crippen LogP) is 0.572. The SMILES string of the molecule is CC(=O)N1CCN(C(=O)c2cn(-c3ccccc3)nn2)CC1. The summed E-state index contributed by atoms with van der Waals surface area (Å²) in [6.07, 6.45) is 1.63. The van der Waals surface area contributed by atoms with Crippen LogP contribution in [0.4, 0.5) is 0 Å². The second kappa shape index (κ2) is 5.97. The van der Waals surface area contributed by atoms with Crippen LogP contribution in [0.5, 0.6) is 0 Å². The summed E-state index contributed by atoms with van der Waals surface area (Å²) < 4.78 is 1.58. The second-order valence-corrected chi connectivity index (χ2v) is 5.18. The minimum absolute atomic E-state index is 0.0436. The highest BCUT2D eigenvalue weighted by molar-refractivity contribution is 5.92. The molecule has 0 N–H and O–H groups in total. The Bertz CT molecular complexity index is 674. The topological polar surface area (TPSA) is 71.3 Å². The van der Waals surface area contributed by atoms with Crippen LogP contribution in [0, 0.1) is 0 Å². The van der Waals surface area contributed by atoms with Gasteiger partial charge in [0.25, 0.3) is 5.91 Å². The molecule has 114 valence electrons. The van der Waals surface area contributed by atoms with E-state index in [-0.39, 0.29) is 11.8 Å². The number of carbonyl (C=O) groups is 2. The van der Waals surface area contributed by atoms with E-state index in [0.29, 0.717) is 31.9 Å². The maximum Gasteiger partial charge on any atom is 0.276 e. The van der Waals surface area contributed by atoms with Gasteiger partial charge >= 0.3 is 0 Å². The summed E-state index contributed by atoms with van der Waals surface area (Å²) in [5.41, 5.74) is 1.18. The Balaban J connectivity index is 1.69. The highest BCUT2D eigenvalue weighted by Gasteiger charge is 2.25. The van der Waals surface area contributed by atoms with Crippen molar-refractivity contribution in [2.75, 3.05) is 26.2 Å². The fraction of sp³-hybridized carbons (Fsp3) is 0.333. The molecule has 7 nitrogen and oxygen atoms in total. The number of hydrogen-bond acceptors (Lipinski definition) is 4. The summed E-state index contributed by atoms with van der Waals surface area (Å²) in [4.78, 5) is 27.2. The first-order chi connectivity index (χ1) is 10.6. The maximum atomic E-state index is 12.4. The van der Waals surface area contributed by atoms with E-state index in [0.717, 1.165) is 5.69 Å². The molecule has 1 fully saturated rings. The van der Waals surface area contributed by atoms with E-state index < -0.39 is 0 Å². The van der Waals surface area contributed by atoms with E-state index in [9.17, 15) is 9.59 Å². The summed E-state index contributed by atoms with van der Waals surface area (Å²) >= 11 is 0. The number of carbonyl (C=O) groups excluding carboxylic acids is 2. The Morgan fingerprint density at radius 1 is 1.00 bits per heavy atom. The molecule has 0 atom stereocenters. The molecule has 7 heteroatoms. The predicted molar refractivity (Wildman–Crippen MR) is 79.5 cm³/mol. The van der Waals surface area contributed by atoms with Crippen LogP contribution in [0.3, 0.4) is 0 Å². The molecule has 1 aliphatic rings. The Labute approximate surface area is 128 Å². The Morgan fingerprint density at radius 2 is 1.64 bits per heavy atom. The fourth-order valence-electron chi connectivity index (χ4n) is 2.46. The van der Waals surface area contributed by atoms with E-state index >= 15 is 0 Å². The van der Waals surface area contributed by atoms with Gasteiger partial charge in [0, 0.05) is 33.1 Å². The molecule has 1 aromatic heterocycles. The van der Waals surface area contributed by atoms with Crippen molar-refractivity contribution >= 4 is 11.8 Å². The number of para-hydroxylation sites is 1. The van der Waals surface area contributed by atoms with Gasteiger partial charge in [-0.3, -0.25) is 9.59 Å². The minimum Gasteiger partial charge on any atom is -0.339 e. The molecule has 1 aromatic carbocycles. The molecule has 2 aromatic rings. The zero-order valence-electron chi connectivity index (χ0n) is 12.3. The van der Waals surface area contributed by atoms with Gasteiger partial charge < -0.3 is 9.80 Å². The van der Waals surface area contributed by atoms with Crippen molar-refractivity contribution in [2.45, 2.75) is 6.92 Å². The second-order valence-electron chi connectivity index (χ2n) is 5.18. The zero-order chi connectivity index (χ0) is 15.5. The third-order valence-corrected chi connectivity index (χ3v) is 3.75. The van der Waals surface area contributed by atoms with Crippen LogP contribution >= 0.6 is 0 Å². The fourth-order valence-corrected chi connectivity index (χ4v) is 2.46. The van der Waals surface area contributed by atoms with Crippen LogP contribution in [0.2, 0.25) is 0 Å². The molecule has 0 unspecified atom stereocenters. The number of piperazine rings is 1. The lowest BCUT2D eigenvalue weighted by Crippen LogP contribution is -2.50. The average molecular weight is 299 g/mol. The van der Waals surface area contributed by atoms with Gasteiger partial charge in [0.15, 0.2) is 5.69 Å². The van der Waals surface area contributed by atoms with E-state index in [1.165, 1.54) is 0 Å². The van der Waals surface area contributed by atoms with Crippen molar-refractivity contribution in [1.82, 2.24) is 24.8 Å². The van der Waals surface area contributed by atoms with Crippen molar-refractivity contribution in [3.63, 3.8) is 0 Å². The van der Waals surface area contributed by atoms with Gasteiger partial charge in [0.2, 0.25) is 5.91 Å². The van der Waals surface area contributed by atoms with Crippen LogP contribution in [0.25, 0.3) is 5.69 Å². The van der Waals surface area contributed by atoms with Crippen LogP contribution in [-0.2, 0) is 4.79 Å². The molecule has 3 rings (SSSR count). The summed E-state index contributed by atoms with van der Waals surface area (Å²) in [6.45, 7) is 3.72. The monoisotopic (exact) mass is 299 g/mol. The van der Waals surface area contributed by atoms with Crippen LogP contribution in [-0.4, -0.2) is 62.8 Å². The normalized spacial score (nSPS) is 15.0. The number of benzene rings is 1. The largest absolute Gasteiger partial charge is 0.339 e. The maximum absolute atomic E-state index is 12.4. The van der Waals surface area contributed by atoms with Gasteiger partial charge in [-0.05, 0) is 12.1 Å². The van der Waals surface area contributed by atoms with Gasteiger partial charge in [0.05, 0.1) is 11.9 Å². The highest BCUT2D eigenvalue weighted by Crippen LogP contribution is 2.10. The van der Waals surface area contributed by atoms with Gasteiger partial charge in [-0.1, -0.05) is 23.4 Å². The molecule has 0 radical (unpaired) electrons. The first kappa shape index (κ1) is 14.2. The van der Waals surface area contributed by atoms with E-state index in [2.05, 4.69) is 10.3 Å². The molecular weight excluding hydrogens is 282 g/mol. The molecule has 1 saturated heterocycles. The lowest BCUT2D eigenvalue weighted by molar-refractivity contribution is -0.130. The first-order valence-corrected chi connectivity index (χ1v) is 7.18. The highest BCUT2D eigenvalue weighted by atomic mass is 16.2. The van der Waals surface area contributed by atoms with Crippen molar-refractivity contribution in [2.24, 2.45) is 0 Å². The average Bonchev–Trinajstić information content (AvgIpc) is 3.05. The number of amides is 2. The summed E-state index contributed by atoms with van der Waals surface area (Å²) in [6, 6.07) is 9.52. The van der Waals surface area contributed by atoms with Gasteiger partial charge in [0.1, 0.15) is 0 Å². The van der Waals surface area contributed by atoms with E-state index in [4.69, 9.17) is 0 Å². The van der Waals surface area contributed by atoms with Crippen molar-refractivity contribution in [3.8, 4) is 5.69 Å². The number of aromatic nitrogens is 3. The van der Waals surface area contributed by atoms with Gasteiger partial charge in [-0.15, -0.1) is 5.10 Å². The smallest absolute Gasteiger partial charge is 0.276 e. The lowest BCUT2D eigenvalue weighted by atomic mass is 10.3.